The van der Waals surface area contributed by atoms with E-state index in [9.17, 15) is 14.7 Å². The number of nitrogens with zero attached hydrogens (tertiary/aromatic N) is 1. The first-order valence-corrected chi connectivity index (χ1v) is 10.7. The lowest BCUT2D eigenvalue weighted by Gasteiger charge is -2.35. The van der Waals surface area contributed by atoms with Crippen LogP contribution in [0.1, 0.15) is 39.2 Å². The molecule has 1 aromatic carbocycles. The summed E-state index contributed by atoms with van der Waals surface area (Å²) in [5, 5.41) is 12.6. The SMILES string of the molecule is CO[C@@H]([C@@H](OC)C(=O)N[C@@H](CO)Cc1ccccc1)[C@@H]1CCCN1C(=O)OC(C)(C)C. The molecular weight excluding hydrogens is 400 g/mol. The fraction of sp³-hybridized carbons (Fsp3) is 0.652. The van der Waals surface area contributed by atoms with Crippen LogP contribution in [0.3, 0.4) is 0 Å². The van der Waals surface area contributed by atoms with Crippen molar-refractivity contribution in [3.8, 4) is 0 Å². The fourth-order valence-corrected chi connectivity index (χ4v) is 3.90. The average molecular weight is 437 g/mol. The number of ether oxygens (including phenoxy) is 3. The molecule has 1 aliphatic rings. The van der Waals surface area contributed by atoms with Gasteiger partial charge in [-0.3, -0.25) is 4.79 Å². The number of methoxy groups -OCH3 is 2. The maximum absolute atomic E-state index is 13.0. The van der Waals surface area contributed by atoms with Gasteiger partial charge in [-0.1, -0.05) is 30.3 Å². The second-order valence-electron chi connectivity index (χ2n) is 8.82. The molecule has 0 aliphatic carbocycles. The molecular formula is C23H36N2O6. The first-order chi connectivity index (χ1) is 14.7. The van der Waals surface area contributed by atoms with Gasteiger partial charge in [0.1, 0.15) is 11.7 Å². The molecule has 0 radical (unpaired) electrons. The molecule has 4 atom stereocenters. The smallest absolute Gasteiger partial charge is 0.410 e. The van der Waals surface area contributed by atoms with Crippen LogP contribution in [0.4, 0.5) is 4.79 Å². The fourth-order valence-electron chi connectivity index (χ4n) is 3.90. The Bertz CT molecular complexity index is 706. The highest BCUT2D eigenvalue weighted by Gasteiger charge is 2.43. The van der Waals surface area contributed by atoms with Crippen molar-refractivity contribution in [2.24, 2.45) is 0 Å². The Labute approximate surface area is 184 Å². The molecule has 2 N–H and O–H groups in total. The minimum absolute atomic E-state index is 0.206. The summed E-state index contributed by atoms with van der Waals surface area (Å²) in [5.74, 6) is -0.389. The Morgan fingerprint density at radius 3 is 2.42 bits per heavy atom. The van der Waals surface area contributed by atoms with Crippen LogP contribution < -0.4 is 5.32 Å². The van der Waals surface area contributed by atoms with Gasteiger partial charge in [0, 0.05) is 20.8 Å². The highest BCUT2D eigenvalue weighted by atomic mass is 16.6. The molecule has 8 heteroatoms. The van der Waals surface area contributed by atoms with E-state index in [-0.39, 0.29) is 18.6 Å². The summed E-state index contributed by atoms with van der Waals surface area (Å²) in [6.07, 6.45) is -0.0820. The lowest BCUT2D eigenvalue weighted by molar-refractivity contribution is -0.144. The summed E-state index contributed by atoms with van der Waals surface area (Å²) in [6.45, 7) is 5.78. The second-order valence-corrected chi connectivity index (χ2v) is 8.82. The van der Waals surface area contributed by atoms with Crippen LogP contribution in [-0.4, -0.2) is 79.3 Å². The molecule has 1 aliphatic heterocycles. The van der Waals surface area contributed by atoms with Crippen molar-refractivity contribution in [2.45, 2.75) is 69.9 Å². The van der Waals surface area contributed by atoms with Crippen molar-refractivity contribution < 1.29 is 28.9 Å². The zero-order valence-corrected chi connectivity index (χ0v) is 19.2. The maximum atomic E-state index is 13.0. The van der Waals surface area contributed by atoms with Gasteiger partial charge < -0.3 is 29.5 Å². The number of aliphatic hydroxyl groups excluding tert-OH is 1. The molecule has 8 nitrogen and oxygen atoms in total. The number of likely N-dealkylation sites (tertiary alicyclic amines) is 1. The van der Waals surface area contributed by atoms with Gasteiger partial charge in [0.05, 0.1) is 18.7 Å². The molecule has 2 amide bonds. The quantitative estimate of drug-likeness (QED) is 0.616. The van der Waals surface area contributed by atoms with E-state index < -0.39 is 29.9 Å². The van der Waals surface area contributed by atoms with Gasteiger partial charge in [-0.05, 0) is 45.6 Å². The zero-order chi connectivity index (χ0) is 23.0. The topological polar surface area (TPSA) is 97.3 Å². The Hall–Kier alpha value is -2.16. The second kappa shape index (κ2) is 11.5. The number of benzene rings is 1. The van der Waals surface area contributed by atoms with Crippen molar-refractivity contribution in [2.75, 3.05) is 27.4 Å². The summed E-state index contributed by atoms with van der Waals surface area (Å²) < 4.78 is 16.7. The lowest BCUT2D eigenvalue weighted by Crippen LogP contribution is -2.56. The van der Waals surface area contributed by atoms with E-state index in [1.54, 1.807) is 4.90 Å². The van der Waals surface area contributed by atoms with E-state index >= 15 is 0 Å². The highest BCUT2D eigenvalue weighted by Crippen LogP contribution is 2.27. The standard InChI is InChI=1S/C23H36N2O6/c1-23(2,3)31-22(28)25-13-9-12-18(25)19(29-4)20(30-5)21(27)24-17(15-26)14-16-10-7-6-8-11-16/h6-8,10-11,17-20,26H,9,12-15H2,1-5H3,(H,24,27)/t17-,18+,19-,20-/m1/s1. The molecule has 1 heterocycles. The van der Waals surface area contributed by atoms with Crippen molar-refractivity contribution in [3.63, 3.8) is 0 Å². The predicted molar refractivity (Wildman–Crippen MR) is 117 cm³/mol. The minimum Gasteiger partial charge on any atom is -0.444 e. The number of carbonyl (C=O) groups is 2. The lowest BCUT2D eigenvalue weighted by atomic mass is 10.0. The van der Waals surface area contributed by atoms with E-state index in [0.717, 1.165) is 12.0 Å². The Kier molecular flexibility index (Phi) is 9.28. The molecule has 1 saturated heterocycles. The number of aliphatic hydroxyl groups is 1. The Balaban J connectivity index is 2.10. The van der Waals surface area contributed by atoms with Gasteiger partial charge in [-0.25, -0.2) is 4.79 Å². The highest BCUT2D eigenvalue weighted by molar-refractivity contribution is 5.82. The van der Waals surface area contributed by atoms with E-state index in [1.807, 2.05) is 51.1 Å². The Morgan fingerprint density at radius 1 is 1.19 bits per heavy atom. The van der Waals surface area contributed by atoms with Crippen LogP contribution in [0.15, 0.2) is 30.3 Å². The first-order valence-electron chi connectivity index (χ1n) is 10.7. The minimum atomic E-state index is -0.942. The molecule has 0 spiro atoms. The van der Waals surface area contributed by atoms with Gasteiger partial charge in [-0.2, -0.15) is 0 Å². The monoisotopic (exact) mass is 436 g/mol. The predicted octanol–water partition coefficient (Wildman–Crippen LogP) is 2.14. The van der Waals surface area contributed by atoms with Gasteiger partial charge in [0.15, 0.2) is 6.10 Å². The van der Waals surface area contributed by atoms with Crippen molar-refractivity contribution >= 4 is 12.0 Å². The zero-order valence-electron chi connectivity index (χ0n) is 19.2. The van der Waals surface area contributed by atoms with E-state index in [0.29, 0.717) is 19.4 Å². The molecule has 0 bridgehead atoms. The summed E-state index contributed by atoms with van der Waals surface area (Å²) in [5.41, 5.74) is 0.391. The molecule has 1 aromatic rings. The van der Waals surface area contributed by atoms with Crippen LogP contribution in [-0.2, 0) is 25.4 Å². The van der Waals surface area contributed by atoms with Gasteiger partial charge >= 0.3 is 6.09 Å². The number of hydrogen-bond donors (Lipinski definition) is 2. The average Bonchev–Trinajstić information content (AvgIpc) is 3.20. The van der Waals surface area contributed by atoms with Crippen molar-refractivity contribution in [1.29, 1.82) is 0 Å². The maximum Gasteiger partial charge on any atom is 0.410 e. The third kappa shape index (κ3) is 7.19. The van der Waals surface area contributed by atoms with E-state index in [1.165, 1.54) is 14.2 Å². The number of nitrogens with one attached hydrogen (secondary N) is 1. The summed E-state index contributed by atoms with van der Waals surface area (Å²) in [4.78, 5) is 27.3. The number of carbonyl (C=O) groups excluding carboxylic acids is 2. The van der Waals surface area contributed by atoms with Crippen LogP contribution >= 0.6 is 0 Å². The van der Waals surface area contributed by atoms with Crippen LogP contribution in [0, 0.1) is 0 Å². The molecule has 1 fully saturated rings. The van der Waals surface area contributed by atoms with E-state index in [4.69, 9.17) is 14.2 Å². The van der Waals surface area contributed by atoms with Gasteiger partial charge in [0.2, 0.25) is 0 Å². The van der Waals surface area contributed by atoms with E-state index in [2.05, 4.69) is 5.32 Å². The van der Waals surface area contributed by atoms with Crippen molar-refractivity contribution in [1.82, 2.24) is 10.2 Å². The summed E-state index contributed by atoms with van der Waals surface area (Å²) in [7, 11) is 2.94. The number of hydrogen-bond acceptors (Lipinski definition) is 6. The third-order valence-corrected chi connectivity index (χ3v) is 5.28. The summed E-state index contributed by atoms with van der Waals surface area (Å²) >= 11 is 0. The Morgan fingerprint density at radius 2 is 1.87 bits per heavy atom. The third-order valence-electron chi connectivity index (χ3n) is 5.28. The molecule has 0 unspecified atom stereocenters. The summed E-state index contributed by atoms with van der Waals surface area (Å²) in [6, 6.07) is 8.81. The molecule has 2 rings (SSSR count). The largest absolute Gasteiger partial charge is 0.444 e. The molecule has 0 aromatic heterocycles. The van der Waals surface area contributed by atoms with Crippen LogP contribution in [0.5, 0.6) is 0 Å². The molecule has 31 heavy (non-hydrogen) atoms. The normalized spacial score (nSPS) is 19.5. The van der Waals surface area contributed by atoms with Gasteiger partial charge in [-0.15, -0.1) is 0 Å². The van der Waals surface area contributed by atoms with Crippen molar-refractivity contribution in [3.05, 3.63) is 35.9 Å². The molecule has 174 valence electrons. The van der Waals surface area contributed by atoms with Crippen LogP contribution in [0.25, 0.3) is 0 Å². The molecule has 0 saturated carbocycles. The van der Waals surface area contributed by atoms with Crippen LogP contribution in [0.2, 0.25) is 0 Å². The number of amides is 2. The van der Waals surface area contributed by atoms with Gasteiger partial charge in [0.25, 0.3) is 5.91 Å². The number of rotatable bonds is 9. The first kappa shape index (κ1) is 25.1.